The fourth-order valence-electron chi connectivity index (χ4n) is 2.64. The molecule has 3 rings (SSSR count). The average molecular weight is 274 g/mol. The summed E-state index contributed by atoms with van der Waals surface area (Å²) >= 11 is 0. The molecule has 5 nitrogen and oxygen atoms in total. The zero-order valence-electron chi connectivity index (χ0n) is 11.5. The summed E-state index contributed by atoms with van der Waals surface area (Å²) < 4.78 is 7.20. The first-order chi connectivity index (χ1) is 9.63. The number of nitrogens with zero attached hydrogens (tertiary/aromatic N) is 2. The Kier molecular flexibility index (Phi) is 3.36. The van der Waals surface area contributed by atoms with Crippen LogP contribution in [0.5, 0.6) is 5.75 Å². The third kappa shape index (κ3) is 2.49. The highest BCUT2D eigenvalue weighted by Crippen LogP contribution is 2.24. The molecule has 1 saturated heterocycles. The van der Waals surface area contributed by atoms with Crippen molar-refractivity contribution in [1.29, 1.82) is 0 Å². The van der Waals surface area contributed by atoms with Crippen LogP contribution in [0.2, 0.25) is 0 Å². The molecule has 1 aromatic heterocycles. The SMILES string of the molecule is CN1CCC(Oc2ccc3ccn(C(=O)O)c3c2)CC1. The molecular weight excluding hydrogens is 256 g/mol. The summed E-state index contributed by atoms with van der Waals surface area (Å²) in [6, 6.07) is 7.41. The van der Waals surface area contributed by atoms with Crippen LogP contribution in [-0.2, 0) is 0 Å². The van der Waals surface area contributed by atoms with Gasteiger partial charge in [-0.1, -0.05) is 0 Å². The van der Waals surface area contributed by atoms with E-state index >= 15 is 0 Å². The van der Waals surface area contributed by atoms with Crippen molar-refractivity contribution in [3.63, 3.8) is 0 Å². The first-order valence-electron chi connectivity index (χ1n) is 6.83. The summed E-state index contributed by atoms with van der Waals surface area (Å²) in [7, 11) is 2.11. The van der Waals surface area contributed by atoms with Crippen molar-refractivity contribution in [2.45, 2.75) is 18.9 Å². The summed E-state index contributed by atoms with van der Waals surface area (Å²) in [4.78, 5) is 13.4. The Labute approximate surface area is 117 Å². The van der Waals surface area contributed by atoms with Crippen LogP contribution in [-0.4, -0.2) is 46.9 Å². The van der Waals surface area contributed by atoms with E-state index in [9.17, 15) is 4.79 Å². The summed E-state index contributed by atoms with van der Waals surface area (Å²) in [6.07, 6.45) is 2.82. The van der Waals surface area contributed by atoms with Gasteiger partial charge in [-0.2, -0.15) is 0 Å². The first-order valence-corrected chi connectivity index (χ1v) is 6.83. The molecule has 0 amide bonds. The Morgan fingerprint density at radius 1 is 1.30 bits per heavy atom. The van der Waals surface area contributed by atoms with Crippen LogP contribution in [0.15, 0.2) is 30.5 Å². The molecule has 2 aromatic rings. The quantitative estimate of drug-likeness (QED) is 0.914. The zero-order valence-corrected chi connectivity index (χ0v) is 11.5. The van der Waals surface area contributed by atoms with Crippen molar-refractivity contribution in [3.05, 3.63) is 30.5 Å². The lowest BCUT2D eigenvalue weighted by Crippen LogP contribution is -2.35. The number of carboxylic acid groups (broad SMARTS) is 1. The number of fused-ring (bicyclic) bond motifs is 1. The first kappa shape index (κ1) is 13.0. The zero-order chi connectivity index (χ0) is 14.1. The maximum Gasteiger partial charge on any atom is 0.416 e. The standard InChI is InChI=1S/C15H18N2O3/c1-16-7-5-12(6-8-16)20-13-3-2-11-4-9-17(15(18)19)14(11)10-13/h2-4,9-10,12H,5-8H2,1H3,(H,18,19). The molecule has 20 heavy (non-hydrogen) atoms. The Bertz CT molecular complexity index is 627. The molecule has 0 unspecified atom stereocenters. The van der Waals surface area contributed by atoms with Gasteiger partial charge in [0.25, 0.3) is 0 Å². The van der Waals surface area contributed by atoms with Gasteiger partial charge in [0.2, 0.25) is 0 Å². The maximum absolute atomic E-state index is 11.1. The number of rotatable bonds is 2. The molecule has 1 fully saturated rings. The molecule has 0 saturated carbocycles. The average Bonchev–Trinajstić information content (AvgIpc) is 2.84. The van der Waals surface area contributed by atoms with Gasteiger partial charge in [0.15, 0.2) is 0 Å². The second kappa shape index (κ2) is 5.17. The Morgan fingerprint density at radius 3 is 2.75 bits per heavy atom. The molecule has 5 heteroatoms. The van der Waals surface area contributed by atoms with E-state index in [1.54, 1.807) is 12.3 Å². The number of carbonyl (C=O) groups is 1. The molecule has 0 bridgehead atoms. The van der Waals surface area contributed by atoms with Crippen molar-refractivity contribution < 1.29 is 14.6 Å². The highest BCUT2D eigenvalue weighted by Gasteiger charge is 2.18. The highest BCUT2D eigenvalue weighted by atomic mass is 16.5. The van der Waals surface area contributed by atoms with Gasteiger partial charge in [0.05, 0.1) is 5.52 Å². The van der Waals surface area contributed by atoms with Gasteiger partial charge in [0, 0.05) is 30.7 Å². The van der Waals surface area contributed by atoms with Crippen LogP contribution >= 0.6 is 0 Å². The second-order valence-corrected chi connectivity index (χ2v) is 5.31. The number of hydrogen-bond donors (Lipinski definition) is 1. The van der Waals surface area contributed by atoms with E-state index < -0.39 is 6.09 Å². The minimum absolute atomic E-state index is 0.219. The van der Waals surface area contributed by atoms with Gasteiger partial charge >= 0.3 is 6.09 Å². The number of piperidine rings is 1. The van der Waals surface area contributed by atoms with Crippen LogP contribution in [0.4, 0.5) is 4.79 Å². The molecule has 0 radical (unpaired) electrons. The van der Waals surface area contributed by atoms with E-state index in [2.05, 4.69) is 11.9 Å². The predicted molar refractivity (Wildman–Crippen MR) is 76.5 cm³/mol. The summed E-state index contributed by atoms with van der Waals surface area (Å²) in [5.41, 5.74) is 0.669. The molecule has 0 spiro atoms. The molecule has 1 N–H and O–H groups in total. The largest absolute Gasteiger partial charge is 0.490 e. The lowest BCUT2D eigenvalue weighted by molar-refractivity contribution is 0.114. The van der Waals surface area contributed by atoms with E-state index in [-0.39, 0.29) is 6.10 Å². The van der Waals surface area contributed by atoms with Crippen molar-refractivity contribution >= 4 is 17.0 Å². The maximum atomic E-state index is 11.1. The van der Waals surface area contributed by atoms with Gasteiger partial charge < -0.3 is 14.7 Å². The number of likely N-dealkylation sites (tertiary alicyclic amines) is 1. The second-order valence-electron chi connectivity index (χ2n) is 5.31. The minimum atomic E-state index is -0.976. The van der Waals surface area contributed by atoms with Crippen LogP contribution in [0.25, 0.3) is 10.9 Å². The topological polar surface area (TPSA) is 54.7 Å². The predicted octanol–water partition coefficient (Wildman–Crippen LogP) is 2.64. The fourth-order valence-corrected chi connectivity index (χ4v) is 2.64. The van der Waals surface area contributed by atoms with Crippen molar-refractivity contribution in [2.24, 2.45) is 0 Å². The van der Waals surface area contributed by atoms with Crippen LogP contribution in [0.3, 0.4) is 0 Å². The van der Waals surface area contributed by atoms with E-state index in [4.69, 9.17) is 9.84 Å². The third-order valence-electron chi connectivity index (χ3n) is 3.84. The Morgan fingerprint density at radius 2 is 2.05 bits per heavy atom. The lowest BCUT2D eigenvalue weighted by atomic mass is 10.1. The van der Waals surface area contributed by atoms with Crippen molar-refractivity contribution in [1.82, 2.24) is 9.47 Å². The van der Waals surface area contributed by atoms with E-state index in [1.807, 2.05) is 18.2 Å². The van der Waals surface area contributed by atoms with Crippen LogP contribution < -0.4 is 4.74 Å². The molecular formula is C15H18N2O3. The molecule has 1 aliphatic rings. The van der Waals surface area contributed by atoms with Gasteiger partial charge in [-0.15, -0.1) is 0 Å². The third-order valence-corrected chi connectivity index (χ3v) is 3.84. The van der Waals surface area contributed by atoms with E-state index in [0.717, 1.165) is 37.1 Å². The monoisotopic (exact) mass is 274 g/mol. The molecule has 1 aromatic carbocycles. The van der Waals surface area contributed by atoms with Gasteiger partial charge in [-0.05, 0) is 38.1 Å². The van der Waals surface area contributed by atoms with Crippen molar-refractivity contribution in [3.8, 4) is 5.75 Å². The molecule has 1 aliphatic heterocycles. The highest BCUT2D eigenvalue weighted by molar-refractivity contribution is 5.89. The van der Waals surface area contributed by atoms with Crippen molar-refractivity contribution in [2.75, 3.05) is 20.1 Å². The summed E-state index contributed by atoms with van der Waals surface area (Å²) in [6.45, 7) is 2.08. The number of aromatic nitrogens is 1. The van der Waals surface area contributed by atoms with E-state index in [1.165, 1.54) is 4.57 Å². The molecule has 0 atom stereocenters. The lowest BCUT2D eigenvalue weighted by Gasteiger charge is -2.29. The minimum Gasteiger partial charge on any atom is -0.490 e. The summed E-state index contributed by atoms with van der Waals surface area (Å²) in [5.74, 6) is 0.744. The normalized spacial score (nSPS) is 17.4. The number of ether oxygens (including phenoxy) is 1. The summed E-state index contributed by atoms with van der Waals surface area (Å²) in [5, 5.41) is 10.0. The van der Waals surface area contributed by atoms with E-state index in [0.29, 0.717) is 5.52 Å². The van der Waals surface area contributed by atoms with Gasteiger partial charge in [0.1, 0.15) is 11.9 Å². The fraction of sp³-hybridized carbons (Fsp3) is 0.400. The molecule has 0 aliphatic carbocycles. The number of hydrogen-bond acceptors (Lipinski definition) is 3. The van der Waals surface area contributed by atoms with Gasteiger partial charge in [-0.3, -0.25) is 4.57 Å². The molecule has 106 valence electrons. The smallest absolute Gasteiger partial charge is 0.416 e. The molecule has 2 heterocycles. The number of benzene rings is 1. The van der Waals surface area contributed by atoms with Gasteiger partial charge in [-0.25, -0.2) is 4.79 Å². The van der Waals surface area contributed by atoms with Crippen LogP contribution in [0.1, 0.15) is 12.8 Å². The Balaban J connectivity index is 1.81. The van der Waals surface area contributed by atoms with Crippen LogP contribution in [0, 0.1) is 0 Å². The Hall–Kier alpha value is -2.01.